The van der Waals surface area contributed by atoms with E-state index in [0.717, 1.165) is 18.8 Å². The smallest absolute Gasteiger partial charge is 0.0870 e. The maximum atomic E-state index is 6.49. The lowest BCUT2D eigenvalue weighted by Gasteiger charge is -2.42. The van der Waals surface area contributed by atoms with Gasteiger partial charge in [-0.3, -0.25) is 0 Å². The van der Waals surface area contributed by atoms with Crippen molar-refractivity contribution in [1.29, 1.82) is 0 Å². The van der Waals surface area contributed by atoms with E-state index >= 15 is 0 Å². The summed E-state index contributed by atoms with van der Waals surface area (Å²) >= 11 is 0. The molecule has 1 aliphatic rings. The van der Waals surface area contributed by atoms with Gasteiger partial charge in [-0.1, -0.05) is 36.8 Å². The normalized spacial score (nSPS) is 30.1. The van der Waals surface area contributed by atoms with Crippen molar-refractivity contribution >= 4 is 0 Å². The number of nitrogens with two attached hydrogens (primary N) is 1. The molecule has 0 heterocycles. The SMILES string of the molecule is COC1(C(N)c2ccc(C)cc2)CCC(C)CC1. The molecule has 0 bridgehead atoms. The molecule has 1 aromatic carbocycles. The van der Waals surface area contributed by atoms with Crippen molar-refractivity contribution in [3.8, 4) is 0 Å². The zero-order valence-electron chi connectivity index (χ0n) is 11.8. The molecular formula is C16H25NO. The van der Waals surface area contributed by atoms with Gasteiger partial charge in [0.15, 0.2) is 0 Å². The lowest BCUT2D eigenvalue weighted by Crippen LogP contribution is -2.45. The molecule has 0 amide bonds. The third kappa shape index (κ3) is 2.60. The fourth-order valence-corrected chi connectivity index (χ4v) is 2.97. The van der Waals surface area contributed by atoms with Crippen LogP contribution in [0, 0.1) is 12.8 Å². The summed E-state index contributed by atoms with van der Waals surface area (Å²) in [6.45, 7) is 4.42. The highest BCUT2D eigenvalue weighted by Crippen LogP contribution is 2.41. The number of hydrogen-bond acceptors (Lipinski definition) is 2. The number of benzene rings is 1. The highest BCUT2D eigenvalue weighted by atomic mass is 16.5. The van der Waals surface area contributed by atoms with Crippen molar-refractivity contribution in [3.63, 3.8) is 0 Å². The summed E-state index contributed by atoms with van der Waals surface area (Å²) in [6.07, 6.45) is 4.57. The molecule has 0 aromatic heterocycles. The fourth-order valence-electron chi connectivity index (χ4n) is 2.97. The van der Waals surface area contributed by atoms with Gasteiger partial charge in [0.1, 0.15) is 0 Å². The minimum atomic E-state index is -0.165. The highest BCUT2D eigenvalue weighted by Gasteiger charge is 2.40. The number of hydrogen-bond donors (Lipinski definition) is 1. The molecule has 1 aromatic rings. The topological polar surface area (TPSA) is 35.2 Å². The van der Waals surface area contributed by atoms with Crippen LogP contribution in [0.15, 0.2) is 24.3 Å². The molecule has 1 aliphatic carbocycles. The molecule has 1 atom stereocenters. The van der Waals surface area contributed by atoms with E-state index in [1.165, 1.54) is 24.0 Å². The lowest BCUT2D eigenvalue weighted by atomic mass is 9.73. The summed E-state index contributed by atoms with van der Waals surface area (Å²) in [7, 11) is 1.81. The van der Waals surface area contributed by atoms with E-state index < -0.39 is 0 Å². The van der Waals surface area contributed by atoms with Crippen molar-refractivity contribution in [2.75, 3.05) is 7.11 Å². The average Bonchev–Trinajstić information content (AvgIpc) is 2.40. The molecule has 0 radical (unpaired) electrons. The Labute approximate surface area is 111 Å². The zero-order chi connectivity index (χ0) is 13.2. The molecular weight excluding hydrogens is 222 g/mol. The second-order valence-electron chi connectivity index (χ2n) is 5.84. The summed E-state index contributed by atoms with van der Waals surface area (Å²) in [5.41, 5.74) is 8.79. The van der Waals surface area contributed by atoms with Crippen LogP contribution in [0.1, 0.15) is 49.8 Å². The van der Waals surface area contributed by atoms with Crippen molar-refractivity contribution in [1.82, 2.24) is 0 Å². The Hall–Kier alpha value is -0.860. The molecule has 2 rings (SSSR count). The van der Waals surface area contributed by atoms with Gasteiger partial charge in [0, 0.05) is 7.11 Å². The molecule has 1 unspecified atom stereocenters. The Morgan fingerprint density at radius 1 is 1.22 bits per heavy atom. The number of aryl methyl sites for hydroxylation is 1. The third-order valence-electron chi connectivity index (χ3n) is 4.53. The predicted octanol–water partition coefficient (Wildman–Crippen LogP) is 3.59. The van der Waals surface area contributed by atoms with E-state index in [0.29, 0.717) is 0 Å². The largest absolute Gasteiger partial charge is 0.376 e. The van der Waals surface area contributed by atoms with Crippen LogP contribution in [0.25, 0.3) is 0 Å². The quantitative estimate of drug-likeness (QED) is 0.886. The molecule has 100 valence electrons. The Balaban J connectivity index is 2.19. The van der Waals surface area contributed by atoms with E-state index in [-0.39, 0.29) is 11.6 Å². The fraction of sp³-hybridized carbons (Fsp3) is 0.625. The third-order valence-corrected chi connectivity index (χ3v) is 4.53. The molecule has 1 saturated carbocycles. The van der Waals surface area contributed by atoms with Gasteiger partial charge in [-0.2, -0.15) is 0 Å². The van der Waals surface area contributed by atoms with Gasteiger partial charge in [0.25, 0.3) is 0 Å². The Morgan fingerprint density at radius 3 is 2.28 bits per heavy atom. The lowest BCUT2D eigenvalue weighted by molar-refractivity contribution is -0.0672. The molecule has 0 aliphatic heterocycles. The predicted molar refractivity (Wildman–Crippen MR) is 75.5 cm³/mol. The first-order valence-corrected chi connectivity index (χ1v) is 6.95. The summed E-state index contributed by atoms with van der Waals surface area (Å²) < 4.78 is 5.85. The Kier molecular flexibility index (Phi) is 4.08. The minimum absolute atomic E-state index is 0.0180. The monoisotopic (exact) mass is 247 g/mol. The van der Waals surface area contributed by atoms with Crippen LogP contribution in [-0.2, 0) is 4.74 Å². The second-order valence-corrected chi connectivity index (χ2v) is 5.84. The number of rotatable bonds is 3. The summed E-state index contributed by atoms with van der Waals surface area (Å²) in [5.74, 6) is 0.804. The first kappa shape index (κ1) is 13.6. The van der Waals surface area contributed by atoms with Gasteiger partial charge in [-0.05, 0) is 44.1 Å². The van der Waals surface area contributed by atoms with Crippen molar-refractivity contribution in [2.24, 2.45) is 11.7 Å². The summed E-state index contributed by atoms with van der Waals surface area (Å²) in [4.78, 5) is 0. The standard InChI is InChI=1S/C16H25NO/c1-12-4-6-14(7-5-12)15(17)16(18-3)10-8-13(2)9-11-16/h4-7,13,15H,8-11,17H2,1-3H3. The first-order chi connectivity index (χ1) is 8.57. The van der Waals surface area contributed by atoms with Gasteiger partial charge in [-0.15, -0.1) is 0 Å². The van der Waals surface area contributed by atoms with E-state index in [1.54, 1.807) is 0 Å². The van der Waals surface area contributed by atoms with Gasteiger partial charge in [-0.25, -0.2) is 0 Å². The number of ether oxygens (including phenoxy) is 1. The number of methoxy groups -OCH3 is 1. The van der Waals surface area contributed by atoms with Gasteiger partial charge in [0.05, 0.1) is 11.6 Å². The van der Waals surface area contributed by atoms with Crippen molar-refractivity contribution < 1.29 is 4.74 Å². The van der Waals surface area contributed by atoms with E-state index in [1.807, 2.05) is 7.11 Å². The molecule has 2 nitrogen and oxygen atoms in total. The van der Waals surface area contributed by atoms with Crippen LogP contribution < -0.4 is 5.73 Å². The molecule has 18 heavy (non-hydrogen) atoms. The van der Waals surface area contributed by atoms with Crippen LogP contribution >= 0.6 is 0 Å². The summed E-state index contributed by atoms with van der Waals surface area (Å²) in [5, 5.41) is 0. The average molecular weight is 247 g/mol. The summed E-state index contributed by atoms with van der Waals surface area (Å²) in [6, 6.07) is 8.52. The molecule has 2 N–H and O–H groups in total. The highest BCUT2D eigenvalue weighted by molar-refractivity contribution is 5.26. The van der Waals surface area contributed by atoms with Crippen LogP contribution in [0.2, 0.25) is 0 Å². The second kappa shape index (κ2) is 5.41. The van der Waals surface area contributed by atoms with Crippen molar-refractivity contribution in [3.05, 3.63) is 35.4 Å². The molecule has 0 saturated heterocycles. The van der Waals surface area contributed by atoms with Crippen molar-refractivity contribution in [2.45, 2.75) is 51.2 Å². The van der Waals surface area contributed by atoms with Crippen LogP contribution in [0.5, 0.6) is 0 Å². The van der Waals surface area contributed by atoms with E-state index in [2.05, 4.69) is 38.1 Å². The Bertz CT molecular complexity index is 377. The van der Waals surface area contributed by atoms with Gasteiger partial charge < -0.3 is 10.5 Å². The zero-order valence-corrected chi connectivity index (χ0v) is 11.8. The first-order valence-electron chi connectivity index (χ1n) is 6.95. The molecule has 2 heteroatoms. The maximum Gasteiger partial charge on any atom is 0.0870 e. The van der Waals surface area contributed by atoms with Gasteiger partial charge in [0.2, 0.25) is 0 Å². The van der Waals surface area contributed by atoms with Crippen LogP contribution in [0.3, 0.4) is 0 Å². The van der Waals surface area contributed by atoms with Crippen LogP contribution in [0.4, 0.5) is 0 Å². The van der Waals surface area contributed by atoms with E-state index in [4.69, 9.17) is 10.5 Å². The minimum Gasteiger partial charge on any atom is -0.376 e. The molecule has 1 fully saturated rings. The van der Waals surface area contributed by atoms with E-state index in [9.17, 15) is 0 Å². The maximum absolute atomic E-state index is 6.49. The Morgan fingerprint density at radius 2 is 1.78 bits per heavy atom. The van der Waals surface area contributed by atoms with Crippen LogP contribution in [-0.4, -0.2) is 12.7 Å². The molecule has 0 spiro atoms. The van der Waals surface area contributed by atoms with Gasteiger partial charge >= 0.3 is 0 Å².